The number of halogens is 1. The molecule has 3 aromatic carbocycles. The van der Waals surface area contributed by atoms with Crippen LogP contribution in [0.2, 0.25) is 5.02 Å². The van der Waals surface area contributed by atoms with Crippen molar-refractivity contribution in [3.8, 4) is 23.0 Å². The zero-order chi connectivity index (χ0) is 22.1. The molecule has 0 aliphatic carbocycles. The third kappa shape index (κ3) is 3.99. The predicted molar refractivity (Wildman–Crippen MR) is 123 cm³/mol. The fourth-order valence-corrected chi connectivity index (χ4v) is 4.19. The molecule has 0 bridgehead atoms. The van der Waals surface area contributed by atoms with E-state index in [1.54, 1.807) is 6.07 Å². The van der Waals surface area contributed by atoms with Crippen molar-refractivity contribution < 1.29 is 19.3 Å². The molecule has 2 heterocycles. The lowest BCUT2D eigenvalue weighted by Gasteiger charge is -2.31. The molecule has 3 aromatic rings. The third-order valence-electron chi connectivity index (χ3n) is 5.64. The standard InChI is InChI=1S/C25H23ClN2O4/c1-2-30-22-5-3-4-18(24(22)29)20-13-19(16-8-11-21-23(12-16)32-14-31-21)27-25(28-20)15-6-9-17(26)10-7-15/h3-12,20,25,28-29H,2,13-14H2,1H3/t20-,25+/m0/s1. The maximum atomic E-state index is 10.9. The molecule has 2 aliphatic heterocycles. The van der Waals surface area contributed by atoms with E-state index in [2.05, 4.69) is 5.32 Å². The van der Waals surface area contributed by atoms with Gasteiger partial charge in [0, 0.05) is 28.8 Å². The topological polar surface area (TPSA) is 72.3 Å². The Kier molecular flexibility index (Phi) is 5.64. The Morgan fingerprint density at radius 1 is 1.09 bits per heavy atom. The van der Waals surface area contributed by atoms with Gasteiger partial charge in [-0.2, -0.15) is 0 Å². The number of aliphatic imine (C=N–C) groups is 1. The molecule has 0 amide bonds. The molecule has 0 radical (unpaired) electrons. The van der Waals surface area contributed by atoms with Gasteiger partial charge in [0.15, 0.2) is 23.0 Å². The first-order chi connectivity index (χ1) is 15.6. The minimum Gasteiger partial charge on any atom is -0.504 e. The highest BCUT2D eigenvalue weighted by molar-refractivity contribution is 6.30. The number of aromatic hydroxyl groups is 1. The van der Waals surface area contributed by atoms with E-state index in [9.17, 15) is 5.11 Å². The molecule has 164 valence electrons. The highest BCUT2D eigenvalue weighted by Crippen LogP contribution is 2.40. The van der Waals surface area contributed by atoms with Gasteiger partial charge >= 0.3 is 0 Å². The molecular weight excluding hydrogens is 428 g/mol. The summed E-state index contributed by atoms with van der Waals surface area (Å²) in [4.78, 5) is 4.99. The van der Waals surface area contributed by atoms with Gasteiger partial charge in [0.25, 0.3) is 0 Å². The smallest absolute Gasteiger partial charge is 0.231 e. The van der Waals surface area contributed by atoms with Crippen molar-refractivity contribution in [1.29, 1.82) is 0 Å². The zero-order valence-corrected chi connectivity index (χ0v) is 18.3. The van der Waals surface area contributed by atoms with Crippen molar-refractivity contribution in [2.24, 2.45) is 4.99 Å². The van der Waals surface area contributed by atoms with E-state index in [-0.39, 0.29) is 24.8 Å². The van der Waals surface area contributed by atoms with Crippen molar-refractivity contribution in [3.05, 3.63) is 82.4 Å². The fourth-order valence-electron chi connectivity index (χ4n) is 4.07. The predicted octanol–water partition coefficient (Wildman–Crippen LogP) is 5.40. The average molecular weight is 451 g/mol. The summed E-state index contributed by atoms with van der Waals surface area (Å²) in [6.45, 7) is 2.60. The van der Waals surface area contributed by atoms with E-state index >= 15 is 0 Å². The normalized spacial score (nSPS) is 19.5. The third-order valence-corrected chi connectivity index (χ3v) is 5.89. The second-order valence-corrected chi connectivity index (χ2v) is 8.08. The largest absolute Gasteiger partial charge is 0.504 e. The minimum absolute atomic E-state index is 0.147. The molecule has 7 heteroatoms. The van der Waals surface area contributed by atoms with Gasteiger partial charge in [-0.05, 0) is 54.4 Å². The quantitative estimate of drug-likeness (QED) is 0.544. The van der Waals surface area contributed by atoms with Crippen LogP contribution in [0.5, 0.6) is 23.0 Å². The lowest BCUT2D eigenvalue weighted by Crippen LogP contribution is -2.33. The number of para-hydroxylation sites is 1. The molecule has 0 spiro atoms. The first-order valence-corrected chi connectivity index (χ1v) is 10.9. The number of benzene rings is 3. The SMILES string of the molecule is CCOc1cccc([C@@H]2CC(c3ccc4c(c3)OCO4)=N[C@@H](c3ccc(Cl)cc3)N2)c1O. The zero-order valence-electron chi connectivity index (χ0n) is 17.5. The molecule has 0 unspecified atom stereocenters. The van der Waals surface area contributed by atoms with E-state index in [1.165, 1.54) is 0 Å². The summed E-state index contributed by atoms with van der Waals surface area (Å²) < 4.78 is 16.6. The van der Waals surface area contributed by atoms with E-state index in [0.717, 1.165) is 28.2 Å². The van der Waals surface area contributed by atoms with Crippen LogP contribution in [0.1, 0.15) is 42.2 Å². The van der Waals surface area contributed by atoms with Crippen LogP contribution in [-0.4, -0.2) is 24.2 Å². The minimum atomic E-state index is -0.304. The number of nitrogens with one attached hydrogen (secondary N) is 1. The fraction of sp³-hybridized carbons (Fsp3) is 0.240. The number of phenols is 1. The summed E-state index contributed by atoms with van der Waals surface area (Å²) in [5.74, 6) is 2.07. The summed E-state index contributed by atoms with van der Waals surface area (Å²) in [5, 5.41) is 15.1. The van der Waals surface area contributed by atoms with E-state index in [0.29, 0.717) is 29.5 Å². The average Bonchev–Trinajstić information content (AvgIpc) is 3.29. The summed E-state index contributed by atoms with van der Waals surface area (Å²) in [7, 11) is 0. The monoisotopic (exact) mass is 450 g/mol. The van der Waals surface area contributed by atoms with Crippen LogP contribution in [-0.2, 0) is 0 Å². The summed E-state index contributed by atoms with van der Waals surface area (Å²) in [6, 6.07) is 18.9. The molecule has 32 heavy (non-hydrogen) atoms. The maximum absolute atomic E-state index is 10.9. The van der Waals surface area contributed by atoms with Gasteiger partial charge < -0.3 is 19.3 Å². The summed E-state index contributed by atoms with van der Waals surface area (Å²) in [6.07, 6.45) is 0.286. The molecule has 0 fully saturated rings. The number of fused-ring (bicyclic) bond motifs is 1. The second-order valence-electron chi connectivity index (χ2n) is 7.65. The van der Waals surface area contributed by atoms with Gasteiger partial charge in [-0.15, -0.1) is 0 Å². The van der Waals surface area contributed by atoms with Gasteiger partial charge in [0.05, 0.1) is 6.61 Å². The van der Waals surface area contributed by atoms with Crippen LogP contribution in [0, 0.1) is 0 Å². The number of rotatable bonds is 5. The first-order valence-electron chi connectivity index (χ1n) is 10.5. The molecule has 2 atom stereocenters. The Morgan fingerprint density at radius 3 is 2.72 bits per heavy atom. The number of nitrogens with zero attached hydrogens (tertiary/aromatic N) is 1. The summed E-state index contributed by atoms with van der Waals surface area (Å²) >= 11 is 6.09. The van der Waals surface area contributed by atoms with E-state index in [4.69, 9.17) is 30.8 Å². The van der Waals surface area contributed by atoms with Crippen LogP contribution >= 0.6 is 11.6 Å². The Labute approximate surface area is 191 Å². The van der Waals surface area contributed by atoms with Crippen molar-refractivity contribution >= 4 is 17.3 Å². The number of hydrogen-bond donors (Lipinski definition) is 2. The molecule has 0 saturated heterocycles. The van der Waals surface area contributed by atoms with Crippen LogP contribution in [0.25, 0.3) is 0 Å². The van der Waals surface area contributed by atoms with Crippen molar-refractivity contribution in [1.82, 2.24) is 5.32 Å². The summed E-state index contributed by atoms with van der Waals surface area (Å²) in [5.41, 5.74) is 3.62. The highest BCUT2D eigenvalue weighted by atomic mass is 35.5. The molecule has 2 N–H and O–H groups in total. The number of hydrogen-bond acceptors (Lipinski definition) is 6. The maximum Gasteiger partial charge on any atom is 0.231 e. The first kappa shape index (κ1) is 20.7. The molecule has 0 aromatic heterocycles. The van der Waals surface area contributed by atoms with E-state index in [1.807, 2.05) is 61.5 Å². The van der Waals surface area contributed by atoms with Crippen molar-refractivity contribution in [3.63, 3.8) is 0 Å². The van der Waals surface area contributed by atoms with E-state index < -0.39 is 0 Å². The number of phenolic OH excluding ortho intramolecular Hbond substituents is 1. The van der Waals surface area contributed by atoms with Crippen LogP contribution < -0.4 is 19.5 Å². The van der Waals surface area contributed by atoms with Crippen molar-refractivity contribution in [2.75, 3.05) is 13.4 Å². The molecule has 2 aliphatic rings. The molecular formula is C25H23ClN2O4. The van der Waals surface area contributed by atoms with Crippen LogP contribution in [0.15, 0.2) is 65.7 Å². The highest BCUT2D eigenvalue weighted by Gasteiger charge is 2.29. The van der Waals surface area contributed by atoms with Crippen LogP contribution in [0.4, 0.5) is 0 Å². The van der Waals surface area contributed by atoms with Crippen LogP contribution in [0.3, 0.4) is 0 Å². The van der Waals surface area contributed by atoms with Crippen molar-refractivity contribution in [2.45, 2.75) is 25.6 Å². The second kappa shape index (κ2) is 8.73. The molecule has 6 nitrogen and oxygen atoms in total. The Hall–Kier alpha value is -3.22. The molecule has 5 rings (SSSR count). The lowest BCUT2D eigenvalue weighted by molar-refractivity contribution is 0.174. The van der Waals surface area contributed by atoms with Gasteiger partial charge in [-0.3, -0.25) is 10.3 Å². The lowest BCUT2D eigenvalue weighted by atomic mass is 9.93. The Bertz CT molecular complexity index is 1160. The Balaban J connectivity index is 1.55. The van der Waals surface area contributed by atoms with Gasteiger partial charge in [-0.25, -0.2) is 0 Å². The van der Waals surface area contributed by atoms with Gasteiger partial charge in [-0.1, -0.05) is 35.9 Å². The van der Waals surface area contributed by atoms with Gasteiger partial charge in [0.2, 0.25) is 6.79 Å². The molecule has 0 saturated carbocycles. The Morgan fingerprint density at radius 2 is 1.91 bits per heavy atom. The van der Waals surface area contributed by atoms with Gasteiger partial charge in [0.1, 0.15) is 6.17 Å². The number of ether oxygens (including phenoxy) is 3.